The van der Waals surface area contributed by atoms with E-state index >= 15 is 0 Å². The van der Waals surface area contributed by atoms with Crippen LogP contribution in [0.2, 0.25) is 0 Å². The lowest BCUT2D eigenvalue weighted by Gasteiger charge is -2.31. The van der Waals surface area contributed by atoms with E-state index in [1.165, 1.54) is 6.20 Å². The Balaban J connectivity index is 1.91. The highest BCUT2D eigenvalue weighted by Gasteiger charge is 2.26. The smallest absolute Gasteiger partial charge is 0.489 e. The lowest BCUT2D eigenvalue weighted by molar-refractivity contribution is -0.0464. The van der Waals surface area contributed by atoms with Crippen molar-refractivity contribution in [3.8, 4) is 5.75 Å². The monoisotopic (exact) mass is 289 g/mol. The van der Waals surface area contributed by atoms with Crippen molar-refractivity contribution in [2.75, 3.05) is 32.8 Å². The molecular formula is C12H17BF3N2O2-. The largest absolute Gasteiger partial charge is 0.511 e. The van der Waals surface area contributed by atoms with Gasteiger partial charge in [-0.2, -0.15) is 0 Å². The Hall–Kier alpha value is -1.28. The van der Waals surface area contributed by atoms with Crippen LogP contribution in [0.5, 0.6) is 5.75 Å². The second kappa shape index (κ2) is 6.45. The molecule has 0 aliphatic carbocycles. The third-order valence-corrected chi connectivity index (χ3v) is 3.22. The molecule has 0 bridgehead atoms. The standard InChI is InChI=1S/C12H17BF3N2O2/c1-2-18-3-4-19-12(8-18)9-20-11-5-10(6-17-7-11)13(14,15)16/h5-7,12H,2-4,8-9H2,1H3/q-1. The SMILES string of the molecule is CCN1CCOC(COc2cncc([B-](F)(F)F)c2)C1. The van der Waals surface area contributed by atoms with E-state index in [0.717, 1.165) is 31.9 Å². The number of ether oxygens (including phenoxy) is 2. The van der Waals surface area contributed by atoms with Crippen LogP contribution in [-0.4, -0.2) is 55.8 Å². The molecule has 0 N–H and O–H groups in total. The molecule has 0 aromatic carbocycles. The number of likely N-dealkylation sites (N-methyl/N-ethyl adjacent to an activating group) is 1. The first-order chi connectivity index (χ1) is 9.49. The van der Waals surface area contributed by atoms with Crippen LogP contribution in [-0.2, 0) is 4.74 Å². The number of morpholine rings is 1. The van der Waals surface area contributed by atoms with E-state index in [2.05, 4.69) is 16.8 Å². The van der Waals surface area contributed by atoms with Crippen molar-refractivity contribution in [2.45, 2.75) is 13.0 Å². The highest BCUT2D eigenvalue weighted by atomic mass is 19.4. The summed E-state index contributed by atoms with van der Waals surface area (Å²) in [5.74, 6) is 0.124. The zero-order chi connectivity index (χ0) is 14.6. The molecule has 1 saturated heterocycles. The van der Waals surface area contributed by atoms with Crippen LogP contribution in [0.4, 0.5) is 12.9 Å². The highest BCUT2D eigenvalue weighted by Crippen LogP contribution is 2.14. The molecule has 2 rings (SSSR count). The van der Waals surface area contributed by atoms with Crippen molar-refractivity contribution in [2.24, 2.45) is 0 Å². The fraction of sp³-hybridized carbons (Fsp3) is 0.583. The van der Waals surface area contributed by atoms with E-state index in [1.807, 2.05) is 0 Å². The summed E-state index contributed by atoms with van der Waals surface area (Å²) < 4.78 is 48.7. The number of rotatable bonds is 5. The zero-order valence-electron chi connectivity index (χ0n) is 11.3. The Morgan fingerprint density at radius 3 is 2.95 bits per heavy atom. The van der Waals surface area contributed by atoms with Crippen LogP contribution in [0.1, 0.15) is 6.92 Å². The lowest BCUT2D eigenvalue weighted by Crippen LogP contribution is -2.44. The summed E-state index contributed by atoms with van der Waals surface area (Å²) in [7, 11) is 0. The molecule has 112 valence electrons. The summed E-state index contributed by atoms with van der Waals surface area (Å²) in [5, 5.41) is 0. The maximum Gasteiger partial charge on any atom is 0.511 e. The van der Waals surface area contributed by atoms with Gasteiger partial charge < -0.3 is 22.4 Å². The molecule has 4 nitrogen and oxygen atoms in total. The number of nitrogens with zero attached hydrogens (tertiary/aromatic N) is 2. The first-order valence-electron chi connectivity index (χ1n) is 6.60. The van der Waals surface area contributed by atoms with E-state index in [4.69, 9.17) is 9.47 Å². The molecule has 1 fully saturated rings. The van der Waals surface area contributed by atoms with Crippen molar-refractivity contribution in [1.29, 1.82) is 0 Å². The zero-order valence-corrected chi connectivity index (χ0v) is 11.3. The Labute approximate surface area is 115 Å². The topological polar surface area (TPSA) is 34.6 Å². The van der Waals surface area contributed by atoms with Gasteiger partial charge in [0.2, 0.25) is 0 Å². The fourth-order valence-electron chi connectivity index (χ4n) is 2.05. The molecule has 0 radical (unpaired) electrons. The van der Waals surface area contributed by atoms with Gasteiger partial charge in [0.1, 0.15) is 18.5 Å². The van der Waals surface area contributed by atoms with Gasteiger partial charge in [-0.15, -0.1) is 0 Å². The number of hydrogen-bond donors (Lipinski definition) is 0. The minimum atomic E-state index is -5.05. The van der Waals surface area contributed by atoms with E-state index in [9.17, 15) is 12.9 Å². The van der Waals surface area contributed by atoms with Gasteiger partial charge in [-0.1, -0.05) is 12.4 Å². The molecule has 1 aromatic heterocycles. The molecule has 0 spiro atoms. The average Bonchev–Trinajstić information content (AvgIpc) is 2.45. The number of halogens is 3. The van der Waals surface area contributed by atoms with E-state index < -0.39 is 12.4 Å². The predicted octanol–water partition coefficient (Wildman–Crippen LogP) is 1.24. The molecular weight excluding hydrogens is 272 g/mol. The number of aromatic nitrogens is 1. The summed E-state index contributed by atoms with van der Waals surface area (Å²) in [6.45, 7) is 0.382. The van der Waals surface area contributed by atoms with Gasteiger partial charge in [0.15, 0.2) is 0 Å². The molecule has 1 aliphatic rings. The molecule has 1 unspecified atom stereocenters. The van der Waals surface area contributed by atoms with Gasteiger partial charge in [0, 0.05) is 19.3 Å². The van der Waals surface area contributed by atoms with Gasteiger partial charge in [-0.3, -0.25) is 9.88 Å². The molecule has 8 heteroatoms. The van der Waals surface area contributed by atoms with Gasteiger partial charge in [-0.05, 0) is 12.6 Å². The molecule has 20 heavy (non-hydrogen) atoms. The van der Waals surface area contributed by atoms with Crippen molar-refractivity contribution < 1.29 is 22.4 Å². The van der Waals surface area contributed by atoms with E-state index in [0.29, 0.717) is 6.61 Å². The second-order valence-electron chi connectivity index (χ2n) is 4.73. The quantitative estimate of drug-likeness (QED) is 0.764. The summed E-state index contributed by atoms with van der Waals surface area (Å²) in [6, 6.07) is 0.980. The summed E-state index contributed by atoms with van der Waals surface area (Å²) >= 11 is 0. The fourth-order valence-corrected chi connectivity index (χ4v) is 2.05. The summed E-state index contributed by atoms with van der Waals surface area (Å²) in [5.41, 5.74) is -0.748. The van der Waals surface area contributed by atoms with Crippen LogP contribution >= 0.6 is 0 Å². The summed E-state index contributed by atoms with van der Waals surface area (Å²) in [4.78, 5) is 5.78. The third kappa shape index (κ3) is 4.11. The Kier molecular flexibility index (Phi) is 4.88. The molecule has 1 aromatic rings. The first-order valence-corrected chi connectivity index (χ1v) is 6.60. The van der Waals surface area contributed by atoms with Crippen molar-refractivity contribution >= 4 is 12.4 Å². The first kappa shape index (κ1) is 15.1. The van der Waals surface area contributed by atoms with E-state index in [-0.39, 0.29) is 18.5 Å². The minimum Gasteiger partial charge on any atom is -0.489 e. The molecule has 0 saturated carbocycles. The molecule has 1 aliphatic heterocycles. The Morgan fingerprint density at radius 1 is 1.45 bits per heavy atom. The third-order valence-electron chi connectivity index (χ3n) is 3.22. The van der Waals surface area contributed by atoms with Gasteiger partial charge in [0.05, 0.1) is 12.8 Å². The van der Waals surface area contributed by atoms with Crippen molar-refractivity contribution in [3.05, 3.63) is 18.5 Å². The predicted molar refractivity (Wildman–Crippen MR) is 70.3 cm³/mol. The highest BCUT2D eigenvalue weighted by molar-refractivity contribution is 6.73. The Morgan fingerprint density at radius 2 is 2.25 bits per heavy atom. The molecule has 2 heterocycles. The van der Waals surface area contributed by atoms with Crippen LogP contribution in [0.25, 0.3) is 0 Å². The average molecular weight is 289 g/mol. The maximum absolute atomic E-state index is 12.6. The Bertz CT molecular complexity index is 445. The number of pyridine rings is 1. The van der Waals surface area contributed by atoms with Crippen LogP contribution < -0.4 is 10.2 Å². The second-order valence-corrected chi connectivity index (χ2v) is 4.73. The van der Waals surface area contributed by atoms with E-state index in [1.54, 1.807) is 0 Å². The van der Waals surface area contributed by atoms with Crippen LogP contribution in [0.3, 0.4) is 0 Å². The van der Waals surface area contributed by atoms with Crippen LogP contribution in [0, 0.1) is 0 Å². The number of hydrogen-bond acceptors (Lipinski definition) is 4. The summed E-state index contributed by atoms with van der Waals surface area (Å²) in [6.07, 6.45) is 1.97. The maximum atomic E-state index is 12.6. The molecule has 1 atom stereocenters. The lowest BCUT2D eigenvalue weighted by atomic mass is 9.81. The van der Waals surface area contributed by atoms with Gasteiger partial charge in [0.25, 0.3) is 0 Å². The minimum absolute atomic E-state index is 0.122. The normalized spacial score (nSPS) is 20.9. The van der Waals surface area contributed by atoms with Gasteiger partial charge >= 0.3 is 6.98 Å². The molecule has 0 amide bonds. The van der Waals surface area contributed by atoms with Gasteiger partial charge in [-0.25, -0.2) is 0 Å². The van der Waals surface area contributed by atoms with Crippen molar-refractivity contribution in [3.63, 3.8) is 0 Å². The van der Waals surface area contributed by atoms with Crippen molar-refractivity contribution in [1.82, 2.24) is 9.88 Å². The van der Waals surface area contributed by atoms with Crippen LogP contribution in [0.15, 0.2) is 18.5 Å².